The number of hydrogen-bond acceptors (Lipinski definition) is 4. The molecule has 0 spiro atoms. The molecule has 7 nitrogen and oxygen atoms in total. The second-order valence-corrected chi connectivity index (χ2v) is 9.23. The fourth-order valence-electron chi connectivity index (χ4n) is 3.54. The predicted molar refractivity (Wildman–Crippen MR) is 127 cm³/mol. The van der Waals surface area contributed by atoms with E-state index in [0.717, 1.165) is 56.7 Å². The number of amides is 1. The molecular weight excluding hydrogens is 400 g/mol. The molecule has 0 aliphatic carbocycles. The topological polar surface area (TPSA) is 63.2 Å². The lowest BCUT2D eigenvalue weighted by atomic mass is 10.1. The minimum atomic E-state index is -0.230. The Bertz CT molecular complexity index is 710. The van der Waals surface area contributed by atoms with Gasteiger partial charge < -0.3 is 20.4 Å². The third kappa shape index (κ3) is 8.40. The highest BCUT2D eigenvalue weighted by molar-refractivity contribution is 6.30. The number of nitrogens with one attached hydrogen (secondary N) is 2. The molecule has 1 amide bonds. The van der Waals surface area contributed by atoms with Crippen LogP contribution in [0.25, 0.3) is 0 Å². The molecule has 1 heterocycles. The van der Waals surface area contributed by atoms with Crippen LogP contribution in [0, 0.1) is 0 Å². The average Bonchev–Trinajstić information content (AvgIpc) is 2.67. The summed E-state index contributed by atoms with van der Waals surface area (Å²) in [6.45, 7) is 12.2. The molecule has 1 aliphatic rings. The molecule has 1 aliphatic heterocycles. The summed E-state index contributed by atoms with van der Waals surface area (Å²) in [4.78, 5) is 23.1. The van der Waals surface area contributed by atoms with Crippen LogP contribution in [-0.2, 0) is 4.79 Å². The number of carbonyl (C=O) groups excluding carboxylic acids is 1. The molecule has 2 rings (SSSR count). The quantitative estimate of drug-likeness (QED) is 0.390. The van der Waals surface area contributed by atoms with Gasteiger partial charge in [0.25, 0.3) is 0 Å². The molecule has 1 saturated heterocycles. The number of piperazine rings is 1. The predicted octanol–water partition coefficient (Wildman–Crippen LogP) is 2.27. The van der Waals surface area contributed by atoms with Crippen LogP contribution in [0.3, 0.4) is 0 Å². The zero-order valence-electron chi connectivity index (χ0n) is 19.0. The molecule has 1 aromatic carbocycles. The molecule has 1 aromatic rings. The van der Waals surface area contributed by atoms with E-state index in [1.54, 1.807) is 7.05 Å². The van der Waals surface area contributed by atoms with Gasteiger partial charge in [-0.1, -0.05) is 17.7 Å². The van der Waals surface area contributed by atoms with E-state index in [9.17, 15) is 4.79 Å². The van der Waals surface area contributed by atoms with Crippen LogP contribution >= 0.6 is 11.6 Å². The Labute approximate surface area is 186 Å². The van der Waals surface area contributed by atoms with Crippen molar-refractivity contribution in [1.82, 2.24) is 20.4 Å². The molecule has 0 radical (unpaired) electrons. The van der Waals surface area contributed by atoms with E-state index < -0.39 is 0 Å². The van der Waals surface area contributed by atoms with Crippen molar-refractivity contribution >= 4 is 29.2 Å². The van der Waals surface area contributed by atoms with E-state index in [0.29, 0.717) is 0 Å². The fraction of sp³-hybridized carbons (Fsp3) is 0.636. The van der Waals surface area contributed by atoms with E-state index in [4.69, 9.17) is 11.6 Å². The lowest BCUT2D eigenvalue weighted by molar-refractivity contribution is -0.122. The largest absolute Gasteiger partial charge is 0.369 e. The summed E-state index contributed by atoms with van der Waals surface area (Å²) in [6.07, 6.45) is 1.03. The highest BCUT2D eigenvalue weighted by Gasteiger charge is 2.18. The monoisotopic (exact) mass is 436 g/mol. The smallest absolute Gasteiger partial charge is 0.240 e. The Balaban J connectivity index is 1.66. The van der Waals surface area contributed by atoms with E-state index >= 15 is 0 Å². The van der Waals surface area contributed by atoms with Crippen LogP contribution in [0.15, 0.2) is 29.3 Å². The number of likely N-dealkylation sites (N-methyl/N-ethyl adjacent to an activating group) is 1. The second kappa shape index (κ2) is 11.4. The van der Waals surface area contributed by atoms with Crippen molar-refractivity contribution in [3.05, 3.63) is 29.3 Å². The lowest BCUT2D eigenvalue weighted by Gasteiger charge is -2.36. The third-order valence-corrected chi connectivity index (χ3v) is 5.18. The summed E-state index contributed by atoms with van der Waals surface area (Å²) in [7, 11) is 3.63. The molecule has 168 valence electrons. The van der Waals surface area contributed by atoms with Crippen LogP contribution in [0.1, 0.15) is 27.2 Å². The van der Waals surface area contributed by atoms with Gasteiger partial charge in [0, 0.05) is 63.1 Å². The third-order valence-electron chi connectivity index (χ3n) is 4.95. The van der Waals surface area contributed by atoms with E-state index in [1.807, 2.05) is 50.9 Å². The molecule has 0 saturated carbocycles. The van der Waals surface area contributed by atoms with Gasteiger partial charge >= 0.3 is 0 Å². The normalized spacial score (nSPS) is 15.8. The van der Waals surface area contributed by atoms with E-state index in [1.165, 1.54) is 5.69 Å². The van der Waals surface area contributed by atoms with Gasteiger partial charge in [-0.3, -0.25) is 14.7 Å². The fourth-order valence-corrected chi connectivity index (χ4v) is 3.72. The van der Waals surface area contributed by atoms with Gasteiger partial charge in [-0.05, 0) is 51.9 Å². The molecule has 30 heavy (non-hydrogen) atoms. The number of rotatable bonds is 7. The number of nitrogens with zero attached hydrogens (tertiary/aromatic N) is 4. The van der Waals surface area contributed by atoms with Crippen molar-refractivity contribution in [2.45, 2.75) is 32.7 Å². The molecule has 2 N–H and O–H groups in total. The minimum absolute atomic E-state index is 0.00877. The maximum Gasteiger partial charge on any atom is 0.240 e. The SMILES string of the molecule is CN=C(NCCCN1CCN(c2cccc(Cl)c2)CC1)N(C)CC(=O)NC(C)(C)C. The van der Waals surface area contributed by atoms with Crippen molar-refractivity contribution < 1.29 is 4.79 Å². The Morgan fingerprint density at radius 2 is 1.93 bits per heavy atom. The summed E-state index contributed by atoms with van der Waals surface area (Å²) >= 11 is 6.11. The standard InChI is InChI=1S/C22H37ClN6O/c1-22(2,3)26-20(30)17-27(5)21(24-4)25-10-7-11-28-12-14-29(15-13-28)19-9-6-8-18(23)16-19/h6,8-9,16H,7,10-15,17H2,1-5H3,(H,24,25)(H,26,30). The molecule has 8 heteroatoms. The van der Waals surface area contributed by atoms with Gasteiger partial charge in [0.05, 0.1) is 6.54 Å². The number of carbonyl (C=O) groups is 1. The lowest BCUT2D eigenvalue weighted by Crippen LogP contribution is -2.49. The zero-order chi connectivity index (χ0) is 22.1. The summed E-state index contributed by atoms with van der Waals surface area (Å²) in [5, 5.41) is 7.13. The Kier molecular flexibility index (Phi) is 9.24. The van der Waals surface area contributed by atoms with Crippen molar-refractivity contribution in [2.24, 2.45) is 4.99 Å². The maximum atomic E-state index is 12.1. The molecule has 0 unspecified atom stereocenters. The minimum Gasteiger partial charge on any atom is -0.369 e. The number of hydrogen-bond donors (Lipinski definition) is 2. The highest BCUT2D eigenvalue weighted by Crippen LogP contribution is 2.20. The van der Waals surface area contributed by atoms with Gasteiger partial charge in [-0.25, -0.2) is 0 Å². The van der Waals surface area contributed by atoms with Crippen LogP contribution in [0.4, 0.5) is 5.69 Å². The first-order valence-electron chi connectivity index (χ1n) is 10.6. The van der Waals surface area contributed by atoms with Crippen LogP contribution < -0.4 is 15.5 Å². The Morgan fingerprint density at radius 3 is 2.53 bits per heavy atom. The average molecular weight is 437 g/mol. The first kappa shape index (κ1) is 24.3. The molecule has 0 atom stereocenters. The summed E-state index contributed by atoms with van der Waals surface area (Å²) < 4.78 is 0. The summed E-state index contributed by atoms with van der Waals surface area (Å²) in [6, 6.07) is 8.07. The first-order valence-corrected chi connectivity index (χ1v) is 11.0. The van der Waals surface area contributed by atoms with Crippen molar-refractivity contribution in [1.29, 1.82) is 0 Å². The van der Waals surface area contributed by atoms with Gasteiger partial charge in [-0.15, -0.1) is 0 Å². The van der Waals surface area contributed by atoms with Crippen molar-refractivity contribution in [3.63, 3.8) is 0 Å². The van der Waals surface area contributed by atoms with Gasteiger partial charge in [0.1, 0.15) is 0 Å². The zero-order valence-corrected chi connectivity index (χ0v) is 19.8. The highest BCUT2D eigenvalue weighted by atomic mass is 35.5. The number of guanidine groups is 1. The summed E-state index contributed by atoms with van der Waals surface area (Å²) in [5.41, 5.74) is 0.970. The Morgan fingerprint density at radius 1 is 1.23 bits per heavy atom. The maximum absolute atomic E-state index is 12.1. The van der Waals surface area contributed by atoms with Crippen LogP contribution in [0.5, 0.6) is 0 Å². The number of anilines is 1. The van der Waals surface area contributed by atoms with Gasteiger partial charge in [0.15, 0.2) is 5.96 Å². The van der Waals surface area contributed by atoms with Crippen LogP contribution in [-0.4, -0.2) is 87.1 Å². The molecular formula is C22H37ClN6O. The van der Waals surface area contributed by atoms with E-state index in [2.05, 4.69) is 31.5 Å². The van der Waals surface area contributed by atoms with Gasteiger partial charge in [0.2, 0.25) is 5.91 Å². The van der Waals surface area contributed by atoms with Gasteiger partial charge in [-0.2, -0.15) is 0 Å². The van der Waals surface area contributed by atoms with Crippen LogP contribution in [0.2, 0.25) is 5.02 Å². The molecule has 0 aromatic heterocycles. The number of aliphatic imine (C=N–C) groups is 1. The van der Waals surface area contributed by atoms with Crippen molar-refractivity contribution in [2.75, 3.05) is 64.8 Å². The molecule has 1 fully saturated rings. The Hall–Kier alpha value is -1.99. The second-order valence-electron chi connectivity index (χ2n) is 8.79. The molecule has 0 bridgehead atoms. The van der Waals surface area contributed by atoms with E-state index in [-0.39, 0.29) is 18.0 Å². The first-order chi connectivity index (χ1) is 14.2. The van der Waals surface area contributed by atoms with Crippen molar-refractivity contribution in [3.8, 4) is 0 Å². The number of halogens is 1. The number of benzene rings is 1. The summed E-state index contributed by atoms with van der Waals surface area (Å²) in [5.74, 6) is 0.732.